The minimum atomic E-state index is -0.559. The number of aliphatic hydroxyl groups excluding tert-OH is 1. The van der Waals surface area contributed by atoms with Gasteiger partial charge in [-0.3, -0.25) is 9.88 Å². The molecule has 0 amide bonds. The second kappa shape index (κ2) is 5.62. The van der Waals surface area contributed by atoms with Gasteiger partial charge in [-0.1, -0.05) is 6.08 Å². The van der Waals surface area contributed by atoms with Crippen LogP contribution in [0.25, 0.3) is 10.9 Å². The fraction of sp³-hybridized carbons (Fsp3) is 0.421. The van der Waals surface area contributed by atoms with E-state index < -0.39 is 6.10 Å². The molecule has 1 aromatic carbocycles. The van der Waals surface area contributed by atoms with Gasteiger partial charge in [-0.05, 0) is 61.1 Å². The lowest BCUT2D eigenvalue weighted by Crippen LogP contribution is -2.54. The van der Waals surface area contributed by atoms with Crippen LogP contribution in [0.1, 0.15) is 24.5 Å². The van der Waals surface area contributed by atoms with E-state index in [1.165, 1.54) is 6.42 Å². The number of aromatic nitrogens is 1. The van der Waals surface area contributed by atoms with Crippen LogP contribution in [0.5, 0.6) is 5.75 Å². The summed E-state index contributed by atoms with van der Waals surface area (Å²) >= 11 is 0. The zero-order chi connectivity index (χ0) is 16.0. The highest BCUT2D eigenvalue weighted by Gasteiger charge is 2.42. The molecule has 4 heteroatoms. The molecule has 3 saturated heterocycles. The lowest BCUT2D eigenvalue weighted by molar-refractivity contribution is -0.0444. The normalized spacial score (nSPS) is 31.2. The van der Waals surface area contributed by atoms with Crippen LogP contribution in [0.3, 0.4) is 0 Å². The number of benzene rings is 1. The Balaban J connectivity index is 1.69. The molecule has 3 aliphatic rings. The fourth-order valence-corrected chi connectivity index (χ4v) is 4.33. The zero-order valence-corrected chi connectivity index (χ0v) is 13.1. The molecule has 120 valence electrons. The highest BCUT2D eigenvalue weighted by atomic mass is 16.3. The first-order valence-corrected chi connectivity index (χ1v) is 8.29. The molecule has 2 N–H and O–H groups in total. The standard InChI is InChI=1S/C19H22N2O2/c1-2-12-11-21-8-6-13(12)9-18(21)19(23)15-5-7-20-17-4-3-14(22)10-16(15)17/h2-5,7,10,12-13,18-19,22-23H,1,6,8-9,11H2/t12-,13-,18+,19-/m1/s1. The Labute approximate surface area is 136 Å². The number of phenolic OH excluding ortho intramolecular Hbond substituents is 1. The summed E-state index contributed by atoms with van der Waals surface area (Å²) in [4.78, 5) is 6.73. The summed E-state index contributed by atoms with van der Waals surface area (Å²) in [6.45, 7) is 5.99. The summed E-state index contributed by atoms with van der Waals surface area (Å²) in [6, 6.07) is 7.14. The summed E-state index contributed by atoms with van der Waals surface area (Å²) in [5, 5.41) is 21.7. The van der Waals surface area contributed by atoms with Gasteiger partial charge >= 0.3 is 0 Å². The van der Waals surface area contributed by atoms with E-state index in [1.54, 1.807) is 24.4 Å². The number of hydrogen-bond acceptors (Lipinski definition) is 4. The van der Waals surface area contributed by atoms with Gasteiger partial charge in [-0.25, -0.2) is 0 Å². The third kappa shape index (κ3) is 2.42. The second-order valence-corrected chi connectivity index (χ2v) is 6.79. The van der Waals surface area contributed by atoms with Crippen LogP contribution < -0.4 is 0 Å². The third-order valence-corrected chi connectivity index (χ3v) is 5.60. The third-order valence-electron chi connectivity index (χ3n) is 5.60. The molecule has 0 saturated carbocycles. The van der Waals surface area contributed by atoms with E-state index in [0.29, 0.717) is 11.8 Å². The number of fused-ring (bicyclic) bond motifs is 4. The minimum Gasteiger partial charge on any atom is -0.508 e. The Morgan fingerprint density at radius 2 is 2.22 bits per heavy atom. The Morgan fingerprint density at radius 1 is 1.35 bits per heavy atom. The minimum absolute atomic E-state index is 0.137. The SMILES string of the molecule is C=C[C@@H]1CN2CC[C@@H]1C[C@H]2[C@H](O)c1ccnc2ccc(O)cc12. The predicted octanol–water partition coefficient (Wildman–Crippen LogP) is 2.87. The lowest BCUT2D eigenvalue weighted by Gasteiger charge is -2.50. The van der Waals surface area contributed by atoms with Gasteiger partial charge < -0.3 is 10.2 Å². The quantitative estimate of drug-likeness (QED) is 0.856. The molecule has 5 rings (SSSR count). The number of aliphatic hydroxyl groups is 1. The fourth-order valence-electron chi connectivity index (χ4n) is 4.33. The maximum Gasteiger partial charge on any atom is 0.116 e. The van der Waals surface area contributed by atoms with E-state index in [9.17, 15) is 10.2 Å². The first-order chi connectivity index (χ1) is 11.2. The maximum atomic E-state index is 11.0. The van der Waals surface area contributed by atoms with E-state index in [0.717, 1.165) is 36.0 Å². The first-order valence-electron chi connectivity index (χ1n) is 8.29. The van der Waals surface area contributed by atoms with Crippen LogP contribution in [0.15, 0.2) is 43.1 Å². The van der Waals surface area contributed by atoms with Gasteiger partial charge in [0.05, 0.1) is 11.6 Å². The van der Waals surface area contributed by atoms with Crippen molar-refractivity contribution in [2.24, 2.45) is 11.8 Å². The Kier molecular flexibility index (Phi) is 3.58. The monoisotopic (exact) mass is 310 g/mol. The van der Waals surface area contributed by atoms with Crippen molar-refractivity contribution in [1.82, 2.24) is 9.88 Å². The van der Waals surface area contributed by atoms with Crippen LogP contribution in [0.4, 0.5) is 0 Å². The topological polar surface area (TPSA) is 56.6 Å². The molecule has 3 fully saturated rings. The van der Waals surface area contributed by atoms with Crippen molar-refractivity contribution in [1.29, 1.82) is 0 Å². The molecule has 4 nitrogen and oxygen atoms in total. The Morgan fingerprint density at radius 3 is 2.96 bits per heavy atom. The van der Waals surface area contributed by atoms with E-state index in [4.69, 9.17) is 0 Å². The van der Waals surface area contributed by atoms with Gasteiger partial charge in [0.25, 0.3) is 0 Å². The van der Waals surface area contributed by atoms with E-state index in [-0.39, 0.29) is 11.8 Å². The molecule has 3 aliphatic heterocycles. The summed E-state index contributed by atoms with van der Waals surface area (Å²) in [7, 11) is 0. The van der Waals surface area contributed by atoms with Gasteiger partial charge in [0.15, 0.2) is 0 Å². The van der Waals surface area contributed by atoms with Crippen LogP contribution in [-0.2, 0) is 0 Å². The van der Waals surface area contributed by atoms with Crippen LogP contribution in [0, 0.1) is 11.8 Å². The number of piperidine rings is 3. The van der Waals surface area contributed by atoms with Crippen molar-refractivity contribution in [2.75, 3.05) is 13.1 Å². The summed E-state index contributed by atoms with van der Waals surface area (Å²) in [6.07, 6.45) is 5.44. The first kappa shape index (κ1) is 14.7. The van der Waals surface area contributed by atoms with Crippen molar-refractivity contribution in [3.8, 4) is 5.75 Å². The molecule has 0 spiro atoms. The number of pyridine rings is 1. The van der Waals surface area contributed by atoms with E-state index in [2.05, 4.69) is 22.5 Å². The van der Waals surface area contributed by atoms with Crippen molar-refractivity contribution in [3.05, 3.63) is 48.7 Å². The lowest BCUT2D eigenvalue weighted by atomic mass is 9.73. The molecule has 2 aromatic rings. The molecule has 2 bridgehead atoms. The predicted molar refractivity (Wildman–Crippen MR) is 90.1 cm³/mol. The molecule has 1 unspecified atom stereocenters. The average Bonchev–Trinajstić information content (AvgIpc) is 2.60. The van der Waals surface area contributed by atoms with Crippen molar-refractivity contribution < 1.29 is 10.2 Å². The molecule has 0 radical (unpaired) electrons. The largest absolute Gasteiger partial charge is 0.508 e. The highest BCUT2D eigenvalue weighted by Crippen LogP contribution is 2.42. The number of phenols is 1. The Bertz CT molecular complexity index is 745. The Hall–Kier alpha value is -1.91. The average molecular weight is 310 g/mol. The van der Waals surface area contributed by atoms with Gasteiger partial charge in [0.2, 0.25) is 0 Å². The van der Waals surface area contributed by atoms with Gasteiger partial charge in [-0.2, -0.15) is 0 Å². The second-order valence-electron chi connectivity index (χ2n) is 6.79. The van der Waals surface area contributed by atoms with E-state index >= 15 is 0 Å². The molecular weight excluding hydrogens is 288 g/mol. The molecule has 23 heavy (non-hydrogen) atoms. The molecule has 4 heterocycles. The molecule has 5 atom stereocenters. The van der Waals surface area contributed by atoms with Crippen molar-refractivity contribution in [3.63, 3.8) is 0 Å². The maximum absolute atomic E-state index is 11.0. The number of hydrogen-bond donors (Lipinski definition) is 2. The molecule has 0 aliphatic carbocycles. The van der Waals surface area contributed by atoms with Gasteiger partial charge in [0, 0.05) is 24.2 Å². The van der Waals surface area contributed by atoms with Crippen LogP contribution in [0.2, 0.25) is 0 Å². The molecule has 1 aromatic heterocycles. The number of nitrogens with zero attached hydrogens (tertiary/aromatic N) is 2. The smallest absolute Gasteiger partial charge is 0.116 e. The van der Waals surface area contributed by atoms with Gasteiger partial charge in [0.1, 0.15) is 5.75 Å². The summed E-state index contributed by atoms with van der Waals surface area (Å²) in [5.74, 6) is 1.38. The highest BCUT2D eigenvalue weighted by molar-refractivity contribution is 5.83. The molecular formula is C19H22N2O2. The summed E-state index contributed by atoms with van der Waals surface area (Å²) in [5.41, 5.74) is 1.66. The zero-order valence-electron chi connectivity index (χ0n) is 13.1. The number of rotatable bonds is 3. The van der Waals surface area contributed by atoms with Crippen LogP contribution >= 0.6 is 0 Å². The summed E-state index contributed by atoms with van der Waals surface area (Å²) < 4.78 is 0. The van der Waals surface area contributed by atoms with Crippen LogP contribution in [-0.4, -0.2) is 39.2 Å². The van der Waals surface area contributed by atoms with Gasteiger partial charge in [-0.15, -0.1) is 6.58 Å². The van der Waals surface area contributed by atoms with Crippen molar-refractivity contribution in [2.45, 2.75) is 25.0 Å². The van der Waals surface area contributed by atoms with E-state index in [1.807, 2.05) is 6.07 Å². The van der Waals surface area contributed by atoms with Crippen molar-refractivity contribution >= 4 is 10.9 Å². The number of aromatic hydroxyl groups is 1.